The van der Waals surface area contributed by atoms with Gasteiger partial charge in [-0.15, -0.1) is 0 Å². The van der Waals surface area contributed by atoms with Crippen molar-refractivity contribution in [3.63, 3.8) is 0 Å². The SMILES string of the molecule is CC1CC(C)CN(S(=O)(=O)c2ccc3c(c2)c(=NO)c2cc(S(=O)(=O)N4CC(C)CC(C)C4)ccc2n3C)C1. The Morgan fingerprint density at radius 2 is 1.05 bits per heavy atom. The Hall–Kier alpha value is -2.47. The Bertz CT molecular complexity index is 1580. The van der Waals surface area contributed by atoms with Gasteiger partial charge in [-0.2, -0.15) is 8.61 Å². The molecule has 3 heterocycles. The number of piperidine rings is 2. The first-order valence-corrected chi connectivity index (χ1v) is 16.5. The molecule has 39 heavy (non-hydrogen) atoms. The summed E-state index contributed by atoms with van der Waals surface area (Å²) in [5.74, 6) is 1.06. The van der Waals surface area contributed by atoms with Gasteiger partial charge in [-0.1, -0.05) is 32.9 Å². The highest BCUT2D eigenvalue weighted by molar-refractivity contribution is 7.89. The van der Waals surface area contributed by atoms with Gasteiger partial charge in [0.2, 0.25) is 20.0 Å². The van der Waals surface area contributed by atoms with Gasteiger partial charge in [0.25, 0.3) is 0 Å². The molecule has 5 rings (SSSR count). The van der Waals surface area contributed by atoms with E-state index < -0.39 is 20.0 Å². The largest absolute Gasteiger partial charge is 0.410 e. The second kappa shape index (κ2) is 10.2. The van der Waals surface area contributed by atoms with E-state index in [-0.39, 0.29) is 38.8 Å². The Balaban J connectivity index is 1.66. The summed E-state index contributed by atoms with van der Waals surface area (Å²) in [6.45, 7) is 10.1. The maximum Gasteiger partial charge on any atom is 0.243 e. The van der Waals surface area contributed by atoms with Crippen molar-refractivity contribution in [3.05, 3.63) is 41.8 Å². The summed E-state index contributed by atoms with van der Waals surface area (Å²) in [6, 6.07) is 9.69. The Labute approximate surface area is 230 Å². The van der Waals surface area contributed by atoms with Crippen LogP contribution in [0.2, 0.25) is 0 Å². The highest BCUT2D eigenvalue weighted by atomic mass is 32.2. The van der Waals surface area contributed by atoms with E-state index in [9.17, 15) is 22.0 Å². The van der Waals surface area contributed by atoms with Crippen molar-refractivity contribution in [2.45, 2.75) is 50.3 Å². The minimum atomic E-state index is -3.77. The van der Waals surface area contributed by atoms with Gasteiger partial charge in [0.1, 0.15) is 5.36 Å². The summed E-state index contributed by atoms with van der Waals surface area (Å²) < 4.78 is 59.4. The molecule has 4 atom stereocenters. The zero-order chi connectivity index (χ0) is 28.3. The molecule has 4 unspecified atom stereocenters. The number of aryl methyl sites for hydroxylation is 1. The van der Waals surface area contributed by atoms with Crippen molar-refractivity contribution >= 4 is 41.9 Å². The second-order valence-electron chi connectivity index (χ2n) is 11.9. The lowest BCUT2D eigenvalue weighted by molar-refractivity contribution is 0.222. The number of nitrogens with zero attached hydrogens (tertiary/aromatic N) is 4. The molecule has 0 aliphatic carbocycles. The number of hydrogen-bond acceptors (Lipinski definition) is 6. The van der Waals surface area contributed by atoms with Crippen LogP contribution in [0.25, 0.3) is 21.8 Å². The molecule has 9 nitrogen and oxygen atoms in total. The average Bonchev–Trinajstić information content (AvgIpc) is 2.87. The molecule has 2 aliphatic heterocycles. The summed E-state index contributed by atoms with van der Waals surface area (Å²) in [5, 5.41) is 14.7. The van der Waals surface area contributed by atoms with Crippen LogP contribution in [0, 0.1) is 23.7 Å². The van der Waals surface area contributed by atoms with E-state index in [1.54, 1.807) is 24.3 Å². The van der Waals surface area contributed by atoms with E-state index in [0.29, 0.717) is 48.0 Å². The van der Waals surface area contributed by atoms with Gasteiger partial charge >= 0.3 is 0 Å². The van der Waals surface area contributed by atoms with Gasteiger partial charge < -0.3 is 9.77 Å². The molecule has 0 radical (unpaired) electrons. The first-order valence-electron chi connectivity index (χ1n) is 13.6. The van der Waals surface area contributed by atoms with Crippen LogP contribution >= 0.6 is 0 Å². The first-order chi connectivity index (χ1) is 18.3. The molecule has 2 aliphatic rings. The van der Waals surface area contributed by atoms with Gasteiger partial charge in [-0.25, -0.2) is 16.8 Å². The molecule has 0 amide bonds. The van der Waals surface area contributed by atoms with Gasteiger partial charge in [0.05, 0.1) is 20.8 Å². The summed E-state index contributed by atoms with van der Waals surface area (Å²) in [7, 11) is -5.71. The average molecular weight is 575 g/mol. The fourth-order valence-electron chi connectivity index (χ4n) is 6.60. The standard InChI is InChI=1S/C28H38N4O5S2/c1-18-10-19(2)15-31(14-18)38(34,35)22-6-8-26-24(12-22)28(29-33)25-13-23(7-9-27(25)30(26)5)39(36,37)32-16-20(3)11-21(4)17-32/h6-9,12-13,18-21,33H,10-11,14-17H2,1-5H3. The maximum absolute atomic E-state index is 13.6. The summed E-state index contributed by atoms with van der Waals surface area (Å²) in [5.41, 5.74) is 1.34. The van der Waals surface area contributed by atoms with Crippen LogP contribution in [-0.2, 0) is 27.1 Å². The Morgan fingerprint density at radius 3 is 1.38 bits per heavy atom. The van der Waals surface area contributed by atoms with Crippen LogP contribution in [0.5, 0.6) is 0 Å². The van der Waals surface area contributed by atoms with Crippen LogP contribution in [0.4, 0.5) is 0 Å². The Kier molecular flexibility index (Phi) is 7.32. The molecular weight excluding hydrogens is 536 g/mol. The molecule has 0 bridgehead atoms. The first kappa shape index (κ1) is 28.1. The lowest BCUT2D eigenvalue weighted by Crippen LogP contribution is -2.42. The number of fused-ring (bicyclic) bond motifs is 2. The van der Waals surface area contributed by atoms with E-state index >= 15 is 0 Å². The number of pyridine rings is 1. The van der Waals surface area contributed by atoms with E-state index in [1.165, 1.54) is 20.7 Å². The molecule has 3 aromatic rings. The summed E-state index contributed by atoms with van der Waals surface area (Å²) >= 11 is 0. The van der Waals surface area contributed by atoms with Crippen LogP contribution in [0.15, 0.2) is 51.3 Å². The monoisotopic (exact) mass is 574 g/mol. The number of rotatable bonds is 4. The predicted octanol–water partition coefficient (Wildman–Crippen LogP) is 3.95. The number of hydrogen-bond donors (Lipinski definition) is 1. The molecule has 11 heteroatoms. The molecule has 1 N–H and O–H groups in total. The number of aromatic nitrogens is 1. The van der Waals surface area contributed by atoms with Gasteiger partial charge in [-0.05, 0) is 72.9 Å². The summed E-state index contributed by atoms with van der Waals surface area (Å²) in [6.07, 6.45) is 1.97. The fourth-order valence-corrected chi connectivity index (χ4v) is 10.0. The van der Waals surface area contributed by atoms with Crippen LogP contribution in [0.1, 0.15) is 40.5 Å². The Morgan fingerprint density at radius 1 is 0.692 bits per heavy atom. The lowest BCUT2D eigenvalue weighted by Gasteiger charge is -2.34. The topological polar surface area (TPSA) is 112 Å². The normalized spacial score (nSPS) is 25.8. The van der Waals surface area contributed by atoms with Crippen LogP contribution in [-0.4, -0.2) is 61.4 Å². The van der Waals surface area contributed by atoms with Crippen molar-refractivity contribution < 1.29 is 22.0 Å². The van der Waals surface area contributed by atoms with E-state index in [4.69, 9.17) is 0 Å². The molecule has 2 aromatic carbocycles. The third-order valence-electron chi connectivity index (χ3n) is 8.22. The molecule has 1 aromatic heterocycles. The fraction of sp³-hybridized carbons (Fsp3) is 0.536. The number of benzene rings is 2. The molecule has 0 saturated carbocycles. The molecule has 2 fully saturated rings. The van der Waals surface area contributed by atoms with Gasteiger partial charge in [0.15, 0.2) is 0 Å². The van der Waals surface area contributed by atoms with E-state index in [1.807, 2.05) is 11.6 Å². The minimum Gasteiger partial charge on any atom is -0.410 e. The van der Waals surface area contributed by atoms with Gasteiger partial charge in [0, 0.05) is 44.0 Å². The van der Waals surface area contributed by atoms with Crippen molar-refractivity contribution in [2.75, 3.05) is 26.2 Å². The van der Waals surface area contributed by atoms with Crippen molar-refractivity contribution in [1.29, 1.82) is 0 Å². The summed E-state index contributed by atoms with van der Waals surface area (Å²) in [4.78, 5) is 0.251. The molecular formula is C28H38N4O5S2. The molecule has 0 spiro atoms. The van der Waals surface area contributed by atoms with Crippen molar-refractivity contribution in [3.8, 4) is 0 Å². The van der Waals surface area contributed by atoms with Crippen molar-refractivity contribution in [1.82, 2.24) is 13.2 Å². The smallest absolute Gasteiger partial charge is 0.243 e. The third kappa shape index (κ3) is 4.98. The van der Waals surface area contributed by atoms with Gasteiger partial charge in [-0.3, -0.25) is 0 Å². The van der Waals surface area contributed by atoms with Crippen LogP contribution < -0.4 is 5.36 Å². The van der Waals surface area contributed by atoms with E-state index in [0.717, 1.165) is 12.8 Å². The lowest BCUT2D eigenvalue weighted by atomic mass is 9.94. The number of sulfonamides is 2. The highest BCUT2D eigenvalue weighted by Crippen LogP contribution is 2.31. The minimum absolute atomic E-state index is 0.126. The zero-order valence-corrected chi connectivity index (χ0v) is 24.8. The van der Waals surface area contributed by atoms with E-state index in [2.05, 4.69) is 32.9 Å². The highest BCUT2D eigenvalue weighted by Gasteiger charge is 2.33. The molecule has 212 valence electrons. The zero-order valence-electron chi connectivity index (χ0n) is 23.2. The maximum atomic E-state index is 13.6. The quantitative estimate of drug-likeness (QED) is 0.288. The molecule has 2 saturated heterocycles. The predicted molar refractivity (Wildman–Crippen MR) is 151 cm³/mol. The van der Waals surface area contributed by atoms with Crippen molar-refractivity contribution in [2.24, 2.45) is 35.9 Å². The third-order valence-corrected chi connectivity index (χ3v) is 11.9. The van der Waals surface area contributed by atoms with Crippen LogP contribution in [0.3, 0.4) is 0 Å². The second-order valence-corrected chi connectivity index (χ2v) is 15.8.